The van der Waals surface area contributed by atoms with Crippen LogP contribution in [0.1, 0.15) is 17.3 Å². The van der Waals surface area contributed by atoms with Crippen molar-refractivity contribution in [1.82, 2.24) is 4.98 Å². The summed E-state index contributed by atoms with van der Waals surface area (Å²) in [5, 5.41) is 0.500. The van der Waals surface area contributed by atoms with Crippen LogP contribution in [0.15, 0.2) is 12.3 Å². The molecule has 0 spiro atoms. The first-order valence-corrected chi connectivity index (χ1v) is 2.93. The first kappa shape index (κ1) is 6.36. The van der Waals surface area contributed by atoms with Gasteiger partial charge in [-0.2, -0.15) is 0 Å². The summed E-state index contributed by atoms with van der Waals surface area (Å²) in [5.74, 6) is 0.0261. The molecule has 2 nitrogen and oxygen atoms in total. The molecule has 0 bridgehead atoms. The highest BCUT2D eigenvalue weighted by Gasteiger charge is 1.99. The molecule has 9 heavy (non-hydrogen) atoms. The molecule has 1 aromatic rings. The highest BCUT2D eigenvalue weighted by molar-refractivity contribution is 6.29. The van der Waals surface area contributed by atoms with E-state index in [4.69, 9.17) is 11.6 Å². The molecule has 0 radical (unpaired) electrons. The highest BCUT2D eigenvalue weighted by atomic mass is 35.5. The number of hydrogen-bond acceptors (Lipinski definition) is 1. The Morgan fingerprint density at radius 2 is 2.44 bits per heavy atom. The van der Waals surface area contributed by atoms with E-state index in [1.807, 2.05) is 0 Å². The molecule has 3 heteroatoms. The zero-order chi connectivity index (χ0) is 6.85. The molecule has 0 aromatic carbocycles. The maximum Gasteiger partial charge on any atom is 0.161 e. The van der Waals surface area contributed by atoms with E-state index < -0.39 is 0 Å². The predicted octanol–water partition coefficient (Wildman–Crippen LogP) is 1.87. The molecule has 0 saturated heterocycles. The van der Waals surface area contributed by atoms with Crippen LogP contribution in [0.4, 0.5) is 0 Å². The SMILES string of the molecule is CC(=O)c1c[nH]c(Cl)c1. The van der Waals surface area contributed by atoms with Crippen molar-refractivity contribution in [3.05, 3.63) is 23.0 Å². The van der Waals surface area contributed by atoms with E-state index in [0.717, 1.165) is 0 Å². The van der Waals surface area contributed by atoms with Gasteiger partial charge in [0.15, 0.2) is 5.78 Å². The lowest BCUT2D eigenvalue weighted by Gasteiger charge is -1.80. The Morgan fingerprint density at radius 3 is 2.67 bits per heavy atom. The van der Waals surface area contributed by atoms with Gasteiger partial charge in [-0.05, 0) is 13.0 Å². The number of carbonyl (C=O) groups excluding carboxylic acids is 1. The second-order valence-corrected chi connectivity index (χ2v) is 2.20. The summed E-state index contributed by atoms with van der Waals surface area (Å²) < 4.78 is 0. The fourth-order valence-electron chi connectivity index (χ4n) is 0.570. The normalized spacial score (nSPS) is 9.56. The standard InChI is InChI=1S/C6H6ClNO/c1-4(9)5-2-6(7)8-3-5/h2-3,8H,1H3. The summed E-state index contributed by atoms with van der Waals surface area (Å²) in [6.45, 7) is 1.50. The smallest absolute Gasteiger partial charge is 0.161 e. The summed E-state index contributed by atoms with van der Waals surface area (Å²) >= 11 is 5.50. The summed E-state index contributed by atoms with van der Waals surface area (Å²) in [6, 6.07) is 1.60. The van der Waals surface area contributed by atoms with Crippen LogP contribution < -0.4 is 0 Å². The van der Waals surface area contributed by atoms with Gasteiger partial charge < -0.3 is 4.98 Å². The lowest BCUT2D eigenvalue weighted by Crippen LogP contribution is -1.85. The highest BCUT2D eigenvalue weighted by Crippen LogP contribution is 2.08. The minimum Gasteiger partial charge on any atom is -0.352 e. The maximum absolute atomic E-state index is 10.6. The van der Waals surface area contributed by atoms with E-state index in [-0.39, 0.29) is 5.78 Å². The fourth-order valence-corrected chi connectivity index (χ4v) is 0.742. The minimum absolute atomic E-state index is 0.0261. The van der Waals surface area contributed by atoms with E-state index in [1.165, 1.54) is 6.92 Å². The van der Waals surface area contributed by atoms with E-state index in [0.29, 0.717) is 10.7 Å². The molecule has 0 aliphatic carbocycles. The van der Waals surface area contributed by atoms with Gasteiger partial charge in [-0.3, -0.25) is 4.79 Å². The van der Waals surface area contributed by atoms with Gasteiger partial charge in [0.1, 0.15) is 5.15 Å². The van der Waals surface area contributed by atoms with Crippen LogP contribution in [0, 0.1) is 0 Å². The zero-order valence-corrected chi connectivity index (χ0v) is 5.70. The number of H-pyrrole nitrogens is 1. The molecular weight excluding hydrogens is 138 g/mol. The lowest BCUT2D eigenvalue weighted by atomic mass is 10.2. The van der Waals surface area contributed by atoms with Crippen molar-refractivity contribution in [2.75, 3.05) is 0 Å². The number of aromatic amines is 1. The van der Waals surface area contributed by atoms with Crippen molar-refractivity contribution >= 4 is 17.4 Å². The summed E-state index contributed by atoms with van der Waals surface area (Å²) in [4.78, 5) is 13.3. The summed E-state index contributed by atoms with van der Waals surface area (Å²) in [6.07, 6.45) is 1.59. The summed E-state index contributed by atoms with van der Waals surface area (Å²) in [5.41, 5.74) is 0.625. The van der Waals surface area contributed by atoms with Crippen LogP contribution in [0.5, 0.6) is 0 Å². The number of carbonyl (C=O) groups is 1. The van der Waals surface area contributed by atoms with Gasteiger partial charge in [0.05, 0.1) is 0 Å². The fraction of sp³-hybridized carbons (Fsp3) is 0.167. The molecule has 0 amide bonds. The molecule has 1 aromatic heterocycles. The Bertz CT molecular complexity index is 229. The predicted molar refractivity (Wildman–Crippen MR) is 35.8 cm³/mol. The quantitative estimate of drug-likeness (QED) is 0.599. The molecule has 1 N–H and O–H groups in total. The van der Waals surface area contributed by atoms with Crippen molar-refractivity contribution in [1.29, 1.82) is 0 Å². The van der Waals surface area contributed by atoms with Gasteiger partial charge in [0.2, 0.25) is 0 Å². The van der Waals surface area contributed by atoms with Gasteiger partial charge in [-0.1, -0.05) is 11.6 Å². The molecule has 0 fully saturated rings. The lowest BCUT2D eigenvalue weighted by molar-refractivity contribution is 0.101. The first-order chi connectivity index (χ1) is 4.20. The van der Waals surface area contributed by atoms with Crippen LogP contribution in [0.25, 0.3) is 0 Å². The minimum atomic E-state index is 0.0261. The number of hydrogen-bond donors (Lipinski definition) is 1. The average molecular weight is 144 g/mol. The number of aromatic nitrogens is 1. The molecule has 48 valence electrons. The van der Waals surface area contributed by atoms with Crippen molar-refractivity contribution in [2.24, 2.45) is 0 Å². The topological polar surface area (TPSA) is 32.9 Å². The third kappa shape index (κ3) is 1.33. The van der Waals surface area contributed by atoms with Gasteiger partial charge in [-0.15, -0.1) is 0 Å². The Morgan fingerprint density at radius 1 is 1.78 bits per heavy atom. The first-order valence-electron chi connectivity index (χ1n) is 2.55. The van der Waals surface area contributed by atoms with Crippen LogP contribution in [-0.4, -0.2) is 10.8 Å². The van der Waals surface area contributed by atoms with Gasteiger partial charge in [0.25, 0.3) is 0 Å². The van der Waals surface area contributed by atoms with Crippen molar-refractivity contribution in [3.63, 3.8) is 0 Å². The molecular formula is C6H6ClNO. The maximum atomic E-state index is 10.6. The number of nitrogens with one attached hydrogen (secondary N) is 1. The van der Waals surface area contributed by atoms with Gasteiger partial charge >= 0.3 is 0 Å². The number of rotatable bonds is 1. The molecule has 0 atom stereocenters. The van der Waals surface area contributed by atoms with E-state index >= 15 is 0 Å². The Kier molecular flexibility index (Phi) is 1.58. The van der Waals surface area contributed by atoms with E-state index in [1.54, 1.807) is 12.3 Å². The largest absolute Gasteiger partial charge is 0.352 e. The van der Waals surface area contributed by atoms with Gasteiger partial charge in [0, 0.05) is 11.8 Å². The molecule has 0 aliphatic rings. The number of Topliss-reactive ketones (excluding diaryl/α,β-unsaturated/α-hetero) is 1. The average Bonchev–Trinajstić information content (AvgIpc) is 2.14. The van der Waals surface area contributed by atoms with Crippen LogP contribution in [0.3, 0.4) is 0 Å². The molecule has 0 aliphatic heterocycles. The second-order valence-electron chi connectivity index (χ2n) is 1.79. The Labute approximate surface area is 57.8 Å². The van der Waals surface area contributed by atoms with E-state index in [2.05, 4.69) is 4.98 Å². The Balaban J connectivity index is 2.98. The van der Waals surface area contributed by atoms with Crippen LogP contribution >= 0.6 is 11.6 Å². The number of halogens is 1. The van der Waals surface area contributed by atoms with Gasteiger partial charge in [-0.25, -0.2) is 0 Å². The van der Waals surface area contributed by atoms with Crippen molar-refractivity contribution in [3.8, 4) is 0 Å². The second kappa shape index (κ2) is 2.23. The molecule has 0 saturated carbocycles. The van der Waals surface area contributed by atoms with E-state index in [9.17, 15) is 4.79 Å². The van der Waals surface area contributed by atoms with Crippen LogP contribution in [-0.2, 0) is 0 Å². The number of ketones is 1. The monoisotopic (exact) mass is 143 g/mol. The summed E-state index contributed by atoms with van der Waals surface area (Å²) in [7, 11) is 0. The van der Waals surface area contributed by atoms with Crippen molar-refractivity contribution < 1.29 is 4.79 Å². The third-order valence-electron chi connectivity index (χ3n) is 1.05. The molecule has 1 heterocycles. The van der Waals surface area contributed by atoms with Crippen molar-refractivity contribution in [2.45, 2.75) is 6.92 Å². The molecule has 1 rings (SSSR count). The third-order valence-corrected chi connectivity index (χ3v) is 1.27. The van der Waals surface area contributed by atoms with Crippen LogP contribution in [0.2, 0.25) is 5.15 Å². The zero-order valence-electron chi connectivity index (χ0n) is 4.94. The molecule has 0 unspecified atom stereocenters. The Hall–Kier alpha value is -0.760.